The molecule has 126 valence electrons. The molecule has 0 saturated carbocycles. The number of ether oxygens (including phenoxy) is 1. The Kier molecular flexibility index (Phi) is 6.12. The number of hydrogen-bond acceptors (Lipinski definition) is 4. The van der Waals surface area contributed by atoms with Crippen LogP contribution < -0.4 is 16.0 Å². The maximum atomic E-state index is 12.4. The minimum Gasteiger partial charge on any atom is -0.368 e. The zero-order chi connectivity index (χ0) is 16.7. The fraction of sp³-hybridized carbons (Fsp3) is 0.529. The first-order valence-corrected chi connectivity index (χ1v) is 7.96. The van der Waals surface area contributed by atoms with Gasteiger partial charge < -0.3 is 20.7 Å². The predicted molar refractivity (Wildman–Crippen MR) is 89.3 cm³/mol. The molecule has 0 aromatic heterocycles. The number of anilines is 1. The average molecular weight is 319 g/mol. The largest absolute Gasteiger partial charge is 0.368 e. The van der Waals surface area contributed by atoms with Crippen molar-refractivity contribution in [3.63, 3.8) is 0 Å². The maximum Gasteiger partial charge on any atom is 0.252 e. The fourth-order valence-corrected chi connectivity index (χ4v) is 2.79. The summed E-state index contributed by atoms with van der Waals surface area (Å²) in [6, 6.07) is 7.63. The molecular weight excluding hydrogens is 294 g/mol. The quantitative estimate of drug-likeness (QED) is 0.733. The molecule has 1 aliphatic heterocycles. The normalized spacial score (nSPS) is 16.6. The third-order valence-electron chi connectivity index (χ3n) is 4.19. The van der Waals surface area contributed by atoms with Gasteiger partial charge in [-0.25, -0.2) is 0 Å². The van der Waals surface area contributed by atoms with E-state index in [4.69, 9.17) is 4.74 Å². The summed E-state index contributed by atoms with van der Waals surface area (Å²) < 4.78 is 5.50. The van der Waals surface area contributed by atoms with Gasteiger partial charge in [0.2, 0.25) is 5.91 Å². The van der Waals surface area contributed by atoms with Gasteiger partial charge in [0.25, 0.3) is 5.91 Å². The molecule has 0 radical (unpaired) electrons. The second kappa shape index (κ2) is 8.08. The zero-order valence-electron chi connectivity index (χ0n) is 13.8. The lowest BCUT2D eigenvalue weighted by Crippen LogP contribution is -2.54. The molecule has 1 aromatic carbocycles. The van der Waals surface area contributed by atoms with Crippen LogP contribution in [0.15, 0.2) is 24.3 Å². The van der Waals surface area contributed by atoms with Crippen LogP contribution in [0.1, 0.15) is 25.3 Å². The Morgan fingerprint density at radius 1 is 1.22 bits per heavy atom. The molecule has 2 amide bonds. The van der Waals surface area contributed by atoms with Gasteiger partial charge in [-0.15, -0.1) is 0 Å². The number of piperidine rings is 1. The van der Waals surface area contributed by atoms with Gasteiger partial charge in [0, 0.05) is 26.3 Å². The van der Waals surface area contributed by atoms with Crippen LogP contribution in [0, 0.1) is 0 Å². The summed E-state index contributed by atoms with van der Waals surface area (Å²) in [4.78, 5) is 23.4. The smallest absolute Gasteiger partial charge is 0.252 e. The number of hydrogen-bond donors (Lipinski definition) is 3. The van der Waals surface area contributed by atoms with Crippen molar-refractivity contribution >= 4 is 17.5 Å². The molecule has 1 fully saturated rings. The maximum absolute atomic E-state index is 12.4. The molecule has 1 saturated heterocycles. The van der Waals surface area contributed by atoms with Crippen LogP contribution in [0.5, 0.6) is 0 Å². The lowest BCUT2D eigenvalue weighted by atomic mass is 9.91. The fourth-order valence-electron chi connectivity index (χ4n) is 2.79. The van der Waals surface area contributed by atoms with Crippen molar-refractivity contribution in [2.24, 2.45) is 0 Å². The summed E-state index contributed by atoms with van der Waals surface area (Å²) in [5.41, 5.74) is 1.19. The Hall–Kier alpha value is -1.92. The third kappa shape index (κ3) is 4.77. The summed E-state index contributed by atoms with van der Waals surface area (Å²) in [5.74, 6) is -0.117. The van der Waals surface area contributed by atoms with E-state index in [0.29, 0.717) is 19.4 Å². The molecule has 0 unspecified atom stereocenters. The van der Waals surface area contributed by atoms with Crippen molar-refractivity contribution in [1.82, 2.24) is 10.6 Å². The van der Waals surface area contributed by atoms with Gasteiger partial charge in [0.15, 0.2) is 0 Å². The van der Waals surface area contributed by atoms with Crippen LogP contribution in [-0.4, -0.2) is 44.2 Å². The number of methoxy groups -OCH3 is 1. The second-order valence-electron chi connectivity index (χ2n) is 5.83. The van der Waals surface area contributed by atoms with Gasteiger partial charge in [-0.05, 0) is 50.0 Å². The summed E-state index contributed by atoms with van der Waals surface area (Å²) in [6.07, 6.45) is 2.13. The summed E-state index contributed by atoms with van der Waals surface area (Å²) in [5, 5.41) is 8.95. The highest BCUT2D eigenvalue weighted by Gasteiger charge is 2.39. The topological polar surface area (TPSA) is 79.5 Å². The number of rotatable bonds is 6. The molecule has 3 N–H and O–H groups in total. The van der Waals surface area contributed by atoms with E-state index in [2.05, 4.69) is 16.0 Å². The molecule has 2 rings (SSSR count). The SMILES string of the molecule is COC1(C(=O)NCCc2ccc(NC(C)=O)cc2)CCNCC1. The molecule has 0 spiro atoms. The van der Waals surface area contributed by atoms with E-state index >= 15 is 0 Å². The predicted octanol–water partition coefficient (Wildman–Crippen LogP) is 1.07. The average Bonchev–Trinajstić information content (AvgIpc) is 2.56. The van der Waals surface area contributed by atoms with Crippen LogP contribution in [-0.2, 0) is 20.7 Å². The lowest BCUT2D eigenvalue weighted by molar-refractivity contribution is -0.146. The van der Waals surface area contributed by atoms with E-state index in [-0.39, 0.29) is 11.8 Å². The molecule has 1 heterocycles. The van der Waals surface area contributed by atoms with Crippen LogP contribution in [0.2, 0.25) is 0 Å². The molecule has 0 aliphatic carbocycles. The van der Waals surface area contributed by atoms with Crippen molar-refractivity contribution in [2.75, 3.05) is 32.1 Å². The highest BCUT2D eigenvalue weighted by Crippen LogP contribution is 2.22. The van der Waals surface area contributed by atoms with Gasteiger partial charge in [-0.2, -0.15) is 0 Å². The highest BCUT2D eigenvalue weighted by atomic mass is 16.5. The summed E-state index contributed by atoms with van der Waals surface area (Å²) >= 11 is 0. The molecule has 1 aromatic rings. The number of carbonyl (C=O) groups is 2. The first-order valence-electron chi connectivity index (χ1n) is 7.96. The monoisotopic (exact) mass is 319 g/mol. The van der Waals surface area contributed by atoms with Crippen LogP contribution in [0.3, 0.4) is 0 Å². The minimum absolute atomic E-state index is 0.0311. The molecule has 23 heavy (non-hydrogen) atoms. The molecule has 6 nitrogen and oxygen atoms in total. The Morgan fingerprint density at radius 2 is 1.87 bits per heavy atom. The van der Waals surface area contributed by atoms with E-state index < -0.39 is 5.60 Å². The van der Waals surface area contributed by atoms with Gasteiger partial charge >= 0.3 is 0 Å². The van der Waals surface area contributed by atoms with E-state index in [0.717, 1.165) is 30.8 Å². The van der Waals surface area contributed by atoms with E-state index in [9.17, 15) is 9.59 Å². The second-order valence-corrected chi connectivity index (χ2v) is 5.83. The van der Waals surface area contributed by atoms with Crippen LogP contribution in [0.25, 0.3) is 0 Å². The zero-order valence-corrected chi connectivity index (χ0v) is 13.8. The van der Waals surface area contributed by atoms with E-state index in [1.54, 1.807) is 7.11 Å². The standard InChI is InChI=1S/C17H25N3O3/c1-13(21)20-15-5-3-14(4-6-15)7-10-19-16(22)17(23-2)8-11-18-12-9-17/h3-6,18H,7-12H2,1-2H3,(H,19,22)(H,20,21). The third-order valence-corrected chi connectivity index (χ3v) is 4.19. The Balaban J connectivity index is 1.81. The Morgan fingerprint density at radius 3 is 2.43 bits per heavy atom. The number of amides is 2. The van der Waals surface area contributed by atoms with Crippen LogP contribution in [0.4, 0.5) is 5.69 Å². The molecule has 6 heteroatoms. The van der Waals surface area contributed by atoms with E-state index in [1.807, 2.05) is 24.3 Å². The summed E-state index contributed by atoms with van der Waals surface area (Å²) in [7, 11) is 1.60. The van der Waals surface area contributed by atoms with Gasteiger partial charge in [0.1, 0.15) is 5.60 Å². The minimum atomic E-state index is -0.694. The Bertz CT molecular complexity index is 537. The highest BCUT2D eigenvalue weighted by molar-refractivity contribution is 5.88. The molecular formula is C17H25N3O3. The van der Waals surface area contributed by atoms with Gasteiger partial charge in [0.05, 0.1) is 0 Å². The number of benzene rings is 1. The van der Waals surface area contributed by atoms with Gasteiger partial charge in [-0.3, -0.25) is 9.59 Å². The summed E-state index contributed by atoms with van der Waals surface area (Å²) in [6.45, 7) is 3.64. The number of carbonyl (C=O) groups excluding carboxylic acids is 2. The number of nitrogens with one attached hydrogen (secondary N) is 3. The van der Waals surface area contributed by atoms with Crippen molar-refractivity contribution < 1.29 is 14.3 Å². The molecule has 0 atom stereocenters. The first kappa shape index (κ1) is 17.4. The van der Waals surface area contributed by atoms with Gasteiger partial charge in [-0.1, -0.05) is 12.1 Å². The molecule has 0 bridgehead atoms. The Labute approximate surface area is 137 Å². The lowest BCUT2D eigenvalue weighted by Gasteiger charge is -2.34. The first-order chi connectivity index (χ1) is 11.1. The van der Waals surface area contributed by atoms with Crippen LogP contribution >= 0.6 is 0 Å². The van der Waals surface area contributed by atoms with E-state index in [1.165, 1.54) is 6.92 Å². The van der Waals surface area contributed by atoms with Crippen molar-refractivity contribution in [3.05, 3.63) is 29.8 Å². The molecule has 1 aliphatic rings. The van der Waals surface area contributed by atoms with Crippen molar-refractivity contribution in [1.29, 1.82) is 0 Å². The van der Waals surface area contributed by atoms with Crippen molar-refractivity contribution in [3.8, 4) is 0 Å². The van der Waals surface area contributed by atoms with Crippen molar-refractivity contribution in [2.45, 2.75) is 31.8 Å².